The SMILES string of the molecule is CC(C)c1cccc(S(=O)(=O)NC2CC3CCC(C2)N3)c1.Cl. The highest BCUT2D eigenvalue weighted by Gasteiger charge is 2.35. The van der Waals surface area contributed by atoms with Gasteiger partial charge in [0.2, 0.25) is 10.0 Å². The Morgan fingerprint density at radius 1 is 1.18 bits per heavy atom. The van der Waals surface area contributed by atoms with E-state index < -0.39 is 10.0 Å². The van der Waals surface area contributed by atoms with E-state index in [1.54, 1.807) is 12.1 Å². The van der Waals surface area contributed by atoms with E-state index in [2.05, 4.69) is 23.9 Å². The monoisotopic (exact) mass is 344 g/mol. The third-order valence-corrected chi connectivity index (χ3v) is 6.15. The molecule has 2 atom stereocenters. The smallest absolute Gasteiger partial charge is 0.240 e. The van der Waals surface area contributed by atoms with Gasteiger partial charge in [-0.1, -0.05) is 26.0 Å². The molecule has 2 saturated heterocycles. The van der Waals surface area contributed by atoms with Gasteiger partial charge < -0.3 is 5.32 Å². The minimum Gasteiger partial charge on any atom is -0.311 e. The summed E-state index contributed by atoms with van der Waals surface area (Å²) in [6.45, 7) is 4.15. The Morgan fingerprint density at radius 3 is 2.41 bits per heavy atom. The normalized spacial score (nSPS) is 27.7. The third kappa shape index (κ3) is 3.82. The Hall–Kier alpha value is -0.620. The summed E-state index contributed by atoms with van der Waals surface area (Å²) >= 11 is 0. The third-order valence-electron chi connectivity index (χ3n) is 4.63. The highest BCUT2D eigenvalue weighted by atomic mass is 35.5. The number of benzene rings is 1. The van der Waals surface area contributed by atoms with Crippen molar-refractivity contribution < 1.29 is 8.42 Å². The van der Waals surface area contributed by atoms with Gasteiger partial charge in [0.25, 0.3) is 0 Å². The van der Waals surface area contributed by atoms with Gasteiger partial charge in [-0.25, -0.2) is 13.1 Å². The van der Waals surface area contributed by atoms with E-state index in [0.29, 0.717) is 22.9 Å². The highest BCUT2D eigenvalue weighted by molar-refractivity contribution is 7.89. The standard InChI is InChI=1S/C16H24N2O2S.ClH/c1-11(2)12-4-3-5-16(8-12)21(19,20)18-15-9-13-6-7-14(10-15)17-13;/h3-5,8,11,13-15,17-18H,6-7,9-10H2,1-2H3;1H. The molecule has 2 bridgehead atoms. The van der Waals surface area contributed by atoms with Crippen LogP contribution in [0.15, 0.2) is 29.2 Å². The van der Waals surface area contributed by atoms with Crippen LogP contribution in [0.1, 0.15) is 51.0 Å². The number of hydrogen-bond donors (Lipinski definition) is 2. The molecule has 0 spiro atoms. The van der Waals surface area contributed by atoms with Crippen molar-refractivity contribution in [1.82, 2.24) is 10.0 Å². The van der Waals surface area contributed by atoms with Gasteiger partial charge in [-0.3, -0.25) is 0 Å². The number of hydrogen-bond acceptors (Lipinski definition) is 3. The van der Waals surface area contributed by atoms with E-state index in [1.807, 2.05) is 12.1 Å². The lowest BCUT2D eigenvalue weighted by Crippen LogP contribution is -2.47. The molecule has 2 heterocycles. The van der Waals surface area contributed by atoms with Crippen molar-refractivity contribution >= 4 is 22.4 Å². The molecular weight excluding hydrogens is 320 g/mol. The molecule has 4 nitrogen and oxygen atoms in total. The van der Waals surface area contributed by atoms with Gasteiger partial charge in [0.15, 0.2) is 0 Å². The lowest BCUT2D eigenvalue weighted by atomic mass is 10.0. The second-order valence-electron chi connectivity index (χ2n) is 6.65. The summed E-state index contributed by atoms with van der Waals surface area (Å²) in [7, 11) is -3.41. The fourth-order valence-electron chi connectivity index (χ4n) is 3.48. The number of fused-ring (bicyclic) bond motifs is 2. The lowest BCUT2D eigenvalue weighted by molar-refractivity contribution is 0.345. The average molecular weight is 345 g/mol. The molecule has 0 aromatic heterocycles. The molecule has 0 amide bonds. The van der Waals surface area contributed by atoms with Crippen molar-refractivity contribution in [1.29, 1.82) is 0 Å². The predicted molar refractivity (Wildman–Crippen MR) is 91.1 cm³/mol. The summed E-state index contributed by atoms with van der Waals surface area (Å²) in [5.74, 6) is 0.329. The van der Waals surface area contributed by atoms with Crippen molar-refractivity contribution in [2.75, 3.05) is 0 Å². The first kappa shape index (κ1) is 17.7. The molecule has 2 aliphatic heterocycles. The van der Waals surface area contributed by atoms with Crippen LogP contribution in [0.2, 0.25) is 0 Å². The van der Waals surface area contributed by atoms with E-state index in [9.17, 15) is 8.42 Å². The van der Waals surface area contributed by atoms with Crippen LogP contribution in [0.4, 0.5) is 0 Å². The van der Waals surface area contributed by atoms with Gasteiger partial charge in [-0.2, -0.15) is 0 Å². The summed E-state index contributed by atoms with van der Waals surface area (Å²) in [6, 6.07) is 8.32. The molecular formula is C16H25ClN2O2S. The first-order valence-corrected chi connectivity index (χ1v) is 9.31. The Labute approximate surface area is 139 Å². The fraction of sp³-hybridized carbons (Fsp3) is 0.625. The minimum atomic E-state index is -3.41. The zero-order chi connectivity index (χ0) is 15.0. The van der Waals surface area contributed by atoms with Crippen molar-refractivity contribution in [3.8, 4) is 0 Å². The Balaban J connectivity index is 0.00000176. The first-order valence-electron chi connectivity index (χ1n) is 7.82. The van der Waals surface area contributed by atoms with Crippen LogP contribution in [0.3, 0.4) is 0 Å². The van der Waals surface area contributed by atoms with Gasteiger partial charge in [0.05, 0.1) is 4.90 Å². The molecule has 6 heteroatoms. The maximum atomic E-state index is 12.6. The van der Waals surface area contributed by atoms with E-state index in [4.69, 9.17) is 0 Å². The summed E-state index contributed by atoms with van der Waals surface area (Å²) in [4.78, 5) is 0.388. The molecule has 2 fully saturated rings. The molecule has 1 aromatic rings. The fourth-order valence-corrected chi connectivity index (χ4v) is 4.80. The molecule has 0 radical (unpaired) electrons. The Bertz CT molecular complexity index is 606. The number of nitrogens with one attached hydrogen (secondary N) is 2. The van der Waals surface area contributed by atoms with Crippen LogP contribution in [-0.4, -0.2) is 26.5 Å². The van der Waals surface area contributed by atoms with Gasteiger partial charge >= 0.3 is 0 Å². The second-order valence-corrected chi connectivity index (χ2v) is 8.37. The summed E-state index contributed by atoms with van der Waals surface area (Å²) in [5.41, 5.74) is 1.06. The molecule has 0 saturated carbocycles. The zero-order valence-electron chi connectivity index (χ0n) is 13.1. The minimum absolute atomic E-state index is 0. The van der Waals surface area contributed by atoms with E-state index in [0.717, 1.165) is 18.4 Å². The molecule has 124 valence electrons. The topological polar surface area (TPSA) is 58.2 Å². The van der Waals surface area contributed by atoms with Crippen LogP contribution in [0, 0.1) is 0 Å². The largest absolute Gasteiger partial charge is 0.311 e. The molecule has 1 aromatic carbocycles. The van der Waals surface area contributed by atoms with Crippen molar-refractivity contribution in [3.05, 3.63) is 29.8 Å². The van der Waals surface area contributed by atoms with Crippen LogP contribution >= 0.6 is 12.4 Å². The van der Waals surface area contributed by atoms with E-state index in [-0.39, 0.29) is 18.4 Å². The van der Waals surface area contributed by atoms with Gasteiger partial charge in [0.1, 0.15) is 0 Å². The van der Waals surface area contributed by atoms with Crippen LogP contribution in [-0.2, 0) is 10.0 Å². The van der Waals surface area contributed by atoms with Gasteiger partial charge in [0, 0.05) is 18.1 Å². The molecule has 3 rings (SSSR count). The van der Waals surface area contributed by atoms with Crippen molar-refractivity contribution in [2.45, 2.75) is 68.5 Å². The molecule has 2 N–H and O–H groups in total. The van der Waals surface area contributed by atoms with Crippen LogP contribution < -0.4 is 10.0 Å². The highest BCUT2D eigenvalue weighted by Crippen LogP contribution is 2.28. The number of sulfonamides is 1. The summed E-state index contributed by atoms with van der Waals surface area (Å²) in [5, 5.41) is 3.54. The molecule has 2 unspecified atom stereocenters. The van der Waals surface area contributed by atoms with Crippen molar-refractivity contribution in [3.63, 3.8) is 0 Å². The predicted octanol–water partition coefficient (Wildman–Crippen LogP) is 2.79. The summed E-state index contributed by atoms with van der Waals surface area (Å²) < 4.78 is 28.1. The van der Waals surface area contributed by atoms with Crippen molar-refractivity contribution in [2.24, 2.45) is 0 Å². The molecule has 2 aliphatic rings. The second kappa shape index (κ2) is 6.87. The number of rotatable bonds is 4. The quantitative estimate of drug-likeness (QED) is 0.883. The number of piperidine rings is 1. The van der Waals surface area contributed by atoms with E-state index in [1.165, 1.54) is 12.8 Å². The molecule has 22 heavy (non-hydrogen) atoms. The Morgan fingerprint density at radius 2 is 1.82 bits per heavy atom. The zero-order valence-corrected chi connectivity index (χ0v) is 14.7. The first-order chi connectivity index (χ1) is 9.94. The molecule has 0 aliphatic carbocycles. The average Bonchev–Trinajstić information content (AvgIpc) is 2.77. The maximum absolute atomic E-state index is 12.6. The lowest BCUT2D eigenvalue weighted by Gasteiger charge is -2.29. The summed E-state index contributed by atoms with van der Waals surface area (Å²) in [6.07, 6.45) is 4.15. The van der Waals surface area contributed by atoms with Gasteiger partial charge in [-0.15, -0.1) is 12.4 Å². The van der Waals surface area contributed by atoms with E-state index >= 15 is 0 Å². The van der Waals surface area contributed by atoms with Gasteiger partial charge in [-0.05, 0) is 49.3 Å². The van der Waals surface area contributed by atoms with Crippen LogP contribution in [0.25, 0.3) is 0 Å². The maximum Gasteiger partial charge on any atom is 0.240 e. The van der Waals surface area contributed by atoms with Crippen LogP contribution in [0.5, 0.6) is 0 Å². The number of halogens is 1. The Kier molecular flexibility index (Phi) is 5.54.